The Morgan fingerprint density at radius 1 is 1.13 bits per heavy atom. The molecule has 1 aromatic carbocycles. The molecule has 9 heteroatoms. The molecule has 3 aromatic heterocycles. The molecular weight excluding hydrogens is 436 g/mol. The maximum Gasteiger partial charge on any atom is 0.309 e. The third-order valence-electron chi connectivity index (χ3n) is 4.41. The fourth-order valence-corrected chi connectivity index (χ4v) is 5.38. The fourth-order valence-electron chi connectivity index (χ4n) is 2.89. The van der Waals surface area contributed by atoms with Gasteiger partial charge in [0.2, 0.25) is 5.16 Å². The average molecular weight is 457 g/mol. The van der Waals surface area contributed by atoms with Crippen LogP contribution in [0.2, 0.25) is 0 Å². The van der Waals surface area contributed by atoms with Crippen molar-refractivity contribution < 1.29 is 9.90 Å². The number of nitrogens with zero attached hydrogens (tertiary/aromatic N) is 4. The van der Waals surface area contributed by atoms with Gasteiger partial charge < -0.3 is 5.11 Å². The molecule has 3 heterocycles. The first-order valence-corrected chi connectivity index (χ1v) is 11.8. The number of hydrogen-bond donors (Lipinski definition) is 1. The fraction of sp³-hybridized carbons (Fsp3) is 0.238. The number of benzene rings is 1. The van der Waals surface area contributed by atoms with E-state index in [0.717, 1.165) is 20.7 Å². The quantitative estimate of drug-likeness (QED) is 0.411. The molecule has 0 fully saturated rings. The number of carboxylic acids is 1. The molecule has 0 aliphatic rings. The predicted octanol–water partition coefficient (Wildman–Crippen LogP) is 5.53. The molecule has 6 nitrogen and oxygen atoms in total. The number of thiazole rings is 1. The highest BCUT2D eigenvalue weighted by atomic mass is 32.2. The largest absolute Gasteiger partial charge is 0.481 e. The molecule has 0 aliphatic carbocycles. The van der Waals surface area contributed by atoms with Crippen LogP contribution in [-0.4, -0.2) is 30.8 Å². The summed E-state index contributed by atoms with van der Waals surface area (Å²) in [6.45, 7) is 6.57. The molecule has 0 amide bonds. The van der Waals surface area contributed by atoms with Gasteiger partial charge in [-0.05, 0) is 46.3 Å². The van der Waals surface area contributed by atoms with Crippen molar-refractivity contribution in [3.05, 3.63) is 58.4 Å². The maximum atomic E-state index is 10.9. The Kier molecular flexibility index (Phi) is 5.77. The first-order chi connectivity index (χ1) is 14.3. The summed E-state index contributed by atoms with van der Waals surface area (Å²) < 4.78 is 2.77. The second-order valence-electron chi connectivity index (χ2n) is 7.69. The van der Waals surface area contributed by atoms with E-state index in [2.05, 4.69) is 60.2 Å². The minimum absolute atomic E-state index is 0.0707. The van der Waals surface area contributed by atoms with Crippen molar-refractivity contribution in [1.82, 2.24) is 19.7 Å². The van der Waals surface area contributed by atoms with E-state index in [1.807, 2.05) is 22.1 Å². The van der Waals surface area contributed by atoms with Crippen molar-refractivity contribution in [3.8, 4) is 16.4 Å². The molecule has 0 atom stereocenters. The zero-order valence-electron chi connectivity index (χ0n) is 16.7. The first kappa shape index (κ1) is 20.8. The summed E-state index contributed by atoms with van der Waals surface area (Å²) in [6, 6.07) is 12.5. The van der Waals surface area contributed by atoms with Gasteiger partial charge in [-0.15, -0.1) is 32.9 Å². The summed E-state index contributed by atoms with van der Waals surface area (Å²) in [5, 5.41) is 22.3. The molecule has 30 heavy (non-hydrogen) atoms. The highest BCUT2D eigenvalue weighted by molar-refractivity contribution is 8.00. The van der Waals surface area contributed by atoms with E-state index in [1.54, 1.807) is 16.7 Å². The summed E-state index contributed by atoms with van der Waals surface area (Å²) in [5.41, 5.74) is 2.85. The first-order valence-electron chi connectivity index (χ1n) is 9.25. The molecule has 0 saturated heterocycles. The van der Waals surface area contributed by atoms with Crippen molar-refractivity contribution in [2.24, 2.45) is 0 Å². The number of hydrogen-bond acceptors (Lipinski definition) is 7. The number of carboxylic acid groups (broad SMARTS) is 1. The Balaban J connectivity index is 1.73. The topological polar surface area (TPSA) is 80.9 Å². The zero-order valence-corrected chi connectivity index (χ0v) is 19.1. The Morgan fingerprint density at radius 2 is 1.90 bits per heavy atom. The van der Waals surface area contributed by atoms with Crippen LogP contribution >= 0.6 is 34.4 Å². The van der Waals surface area contributed by atoms with Gasteiger partial charge in [0.1, 0.15) is 0 Å². The molecule has 154 valence electrons. The summed E-state index contributed by atoms with van der Waals surface area (Å²) in [6.07, 6.45) is -0.0849. The van der Waals surface area contributed by atoms with Crippen molar-refractivity contribution in [1.29, 1.82) is 0 Å². The van der Waals surface area contributed by atoms with E-state index in [9.17, 15) is 4.79 Å². The van der Waals surface area contributed by atoms with Gasteiger partial charge in [0, 0.05) is 11.1 Å². The third-order valence-corrected chi connectivity index (χ3v) is 7.21. The smallest absolute Gasteiger partial charge is 0.309 e. The van der Waals surface area contributed by atoms with Gasteiger partial charge in [-0.25, -0.2) is 4.98 Å². The van der Waals surface area contributed by atoms with Gasteiger partial charge in [-0.2, -0.15) is 0 Å². The monoisotopic (exact) mass is 456 g/mol. The number of carbonyl (C=O) groups is 1. The van der Waals surface area contributed by atoms with Gasteiger partial charge in [0.05, 0.1) is 17.0 Å². The molecule has 0 unspecified atom stereocenters. The van der Waals surface area contributed by atoms with E-state index in [1.165, 1.54) is 28.7 Å². The second-order valence-corrected chi connectivity index (χ2v) is 10.7. The standard InChI is InChI=1S/C21H20N4O2S3/c1-21(2,3)13-6-8-15(9-7-13)25-18(16-5-4-10-28-16)23-24-19(25)30-20-22-14(12-29-20)11-17(26)27/h4-10,12H,11H2,1-3H3,(H,26,27). The molecule has 1 N–H and O–H groups in total. The van der Waals surface area contributed by atoms with Crippen molar-refractivity contribution in [2.75, 3.05) is 0 Å². The maximum absolute atomic E-state index is 10.9. The molecule has 0 spiro atoms. The molecule has 4 aromatic rings. The van der Waals surface area contributed by atoms with Gasteiger partial charge in [-0.1, -0.05) is 39.0 Å². The van der Waals surface area contributed by atoms with E-state index in [4.69, 9.17) is 5.11 Å². The molecule has 0 aliphatic heterocycles. The van der Waals surface area contributed by atoms with Crippen molar-refractivity contribution in [3.63, 3.8) is 0 Å². The van der Waals surface area contributed by atoms with Crippen LogP contribution < -0.4 is 0 Å². The summed E-state index contributed by atoms with van der Waals surface area (Å²) in [4.78, 5) is 16.4. The normalized spacial score (nSPS) is 11.7. The number of aromatic nitrogens is 4. The lowest BCUT2D eigenvalue weighted by Crippen LogP contribution is -2.11. The molecule has 0 radical (unpaired) electrons. The summed E-state index contributed by atoms with van der Waals surface area (Å²) in [7, 11) is 0. The minimum Gasteiger partial charge on any atom is -0.481 e. The summed E-state index contributed by atoms with van der Waals surface area (Å²) in [5.74, 6) is -0.114. The van der Waals surface area contributed by atoms with Crippen molar-refractivity contribution >= 4 is 40.4 Å². The average Bonchev–Trinajstić information content (AvgIpc) is 3.42. The minimum atomic E-state index is -0.890. The van der Waals surface area contributed by atoms with Crippen molar-refractivity contribution in [2.45, 2.75) is 42.1 Å². The summed E-state index contributed by atoms with van der Waals surface area (Å²) >= 11 is 4.42. The number of rotatable bonds is 6. The van der Waals surface area contributed by atoms with Crippen LogP contribution in [0, 0.1) is 0 Å². The van der Waals surface area contributed by atoms with E-state index < -0.39 is 5.97 Å². The number of aliphatic carboxylic acids is 1. The predicted molar refractivity (Wildman–Crippen MR) is 121 cm³/mol. The van der Waals surface area contributed by atoms with E-state index in [0.29, 0.717) is 10.9 Å². The van der Waals surface area contributed by atoms with Gasteiger partial charge in [0.15, 0.2) is 10.2 Å². The van der Waals surface area contributed by atoms with Crippen LogP contribution in [0.15, 0.2) is 56.7 Å². The highest BCUT2D eigenvalue weighted by Gasteiger charge is 2.20. The molecular formula is C21H20N4O2S3. The Labute approximate surface area is 186 Å². The number of thiophene rings is 1. The van der Waals surface area contributed by atoms with E-state index >= 15 is 0 Å². The van der Waals surface area contributed by atoms with Crippen LogP contribution in [0.25, 0.3) is 16.4 Å². The zero-order chi connectivity index (χ0) is 21.3. The third kappa shape index (κ3) is 4.48. The Bertz CT molecular complexity index is 1160. The molecule has 0 saturated carbocycles. The molecule has 0 bridgehead atoms. The SMILES string of the molecule is CC(C)(C)c1ccc(-n2c(Sc3nc(CC(=O)O)cs3)nnc2-c2cccs2)cc1. The molecule has 4 rings (SSSR count). The lowest BCUT2D eigenvalue weighted by Gasteiger charge is -2.19. The lowest BCUT2D eigenvalue weighted by atomic mass is 9.87. The Hall–Kier alpha value is -2.49. The van der Waals surface area contributed by atoms with Crippen LogP contribution in [0.4, 0.5) is 0 Å². The van der Waals surface area contributed by atoms with Crippen LogP contribution in [-0.2, 0) is 16.6 Å². The van der Waals surface area contributed by atoms with Crippen LogP contribution in [0.3, 0.4) is 0 Å². The Morgan fingerprint density at radius 3 is 2.53 bits per heavy atom. The highest BCUT2D eigenvalue weighted by Crippen LogP contribution is 2.35. The van der Waals surface area contributed by atoms with Gasteiger partial charge in [0.25, 0.3) is 0 Å². The lowest BCUT2D eigenvalue weighted by molar-refractivity contribution is -0.136. The van der Waals surface area contributed by atoms with Gasteiger partial charge in [-0.3, -0.25) is 9.36 Å². The van der Waals surface area contributed by atoms with Crippen LogP contribution in [0.1, 0.15) is 32.0 Å². The second kappa shape index (κ2) is 8.33. The van der Waals surface area contributed by atoms with E-state index in [-0.39, 0.29) is 11.8 Å². The van der Waals surface area contributed by atoms with Gasteiger partial charge >= 0.3 is 5.97 Å². The van der Waals surface area contributed by atoms with Crippen LogP contribution in [0.5, 0.6) is 0 Å².